The van der Waals surface area contributed by atoms with Crippen LogP contribution in [0.25, 0.3) is 0 Å². The lowest BCUT2D eigenvalue weighted by atomic mass is 10.1. The van der Waals surface area contributed by atoms with Crippen LogP contribution in [-0.4, -0.2) is 28.3 Å². The van der Waals surface area contributed by atoms with Gasteiger partial charge in [0.2, 0.25) is 11.8 Å². The van der Waals surface area contributed by atoms with Gasteiger partial charge in [-0.1, -0.05) is 12.1 Å². The molecule has 1 aliphatic carbocycles. The van der Waals surface area contributed by atoms with Gasteiger partial charge in [-0.3, -0.25) is 14.4 Å². The third-order valence-corrected chi connectivity index (χ3v) is 4.87. The van der Waals surface area contributed by atoms with Gasteiger partial charge in [-0.25, -0.2) is 4.98 Å². The number of carbonyl (C=O) groups is 2. The van der Waals surface area contributed by atoms with Gasteiger partial charge in [0.1, 0.15) is 12.4 Å². The zero-order valence-corrected chi connectivity index (χ0v) is 14.5. The van der Waals surface area contributed by atoms with Gasteiger partial charge in [-0.05, 0) is 38.3 Å². The number of nitrogens with zero attached hydrogens (tertiary/aromatic N) is 2. The zero-order chi connectivity index (χ0) is 18.3. The number of amides is 2. The molecule has 1 aliphatic heterocycles. The van der Waals surface area contributed by atoms with Crippen molar-refractivity contribution in [1.29, 1.82) is 0 Å². The third kappa shape index (κ3) is 3.12. The lowest BCUT2D eigenvalue weighted by molar-refractivity contribution is -0.121. The van der Waals surface area contributed by atoms with E-state index in [1.165, 1.54) is 4.90 Å². The molecule has 1 saturated carbocycles. The summed E-state index contributed by atoms with van der Waals surface area (Å²) in [5.41, 5.74) is 2.37. The monoisotopic (exact) mass is 352 g/mol. The van der Waals surface area contributed by atoms with Crippen molar-refractivity contribution < 1.29 is 9.59 Å². The largest absolute Gasteiger partial charge is 0.323 e. The molecule has 2 aliphatic rings. The van der Waals surface area contributed by atoms with Crippen molar-refractivity contribution in [2.75, 3.05) is 16.8 Å². The van der Waals surface area contributed by atoms with Crippen molar-refractivity contribution in [2.24, 2.45) is 0 Å². The van der Waals surface area contributed by atoms with Crippen LogP contribution in [0.5, 0.6) is 0 Å². The summed E-state index contributed by atoms with van der Waals surface area (Å²) < 4.78 is 0. The van der Waals surface area contributed by atoms with Crippen LogP contribution in [0.2, 0.25) is 0 Å². The summed E-state index contributed by atoms with van der Waals surface area (Å²) >= 11 is 0. The Labute approximate surface area is 150 Å². The molecule has 2 aromatic rings. The van der Waals surface area contributed by atoms with Crippen LogP contribution in [-0.2, 0) is 16.0 Å². The molecular weight excluding hydrogens is 332 g/mol. The number of aryl methyl sites for hydroxylation is 1. The van der Waals surface area contributed by atoms with E-state index >= 15 is 0 Å². The van der Waals surface area contributed by atoms with E-state index in [0.717, 1.165) is 18.7 Å². The van der Waals surface area contributed by atoms with Crippen LogP contribution in [0.3, 0.4) is 0 Å². The standard InChI is InChI=1S/C19H20N4O3/c1-11-13(19(26)22-18(20-11)12-6-7-12)8-9-17(25)23-10-16(24)21-14-4-2-3-5-15(14)23/h2-5,12H,6-10H2,1H3,(H,21,24)(H,20,22,26). The molecule has 26 heavy (non-hydrogen) atoms. The first-order valence-corrected chi connectivity index (χ1v) is 8.82. The van der Waals surface area contributed by atoms with E-state index in [0.29, 0.717) is 35.0 Å². The number of aromatic amines is 1. The highest BCUT2D eigenvalue weighted by Gasteiger charge is 2.28. The number of benzene rings is 1. The van der Waals surface area contributed by atoms with Crippen LogP contribution in [0.1, 0.15) is 42.3 Å². The fourth-order valence-corrected chi connectivity index (χ4v) is 3.30. The molecule has 1 aromatic carbocycles. The summed E-state index contributed by atoms with van der Waals surface area (Å²) in [4.78, 5) is 45.7. The van der Waals surface area contributed by atoms with Crippen molar-refractivity contribution in [1.82, 2.24) is 9.97 Å². The molecule has 1 fully saturated rings. The second-order valence-electron chi connectivity index (χ2n) is 6.83. The van der Waals surface area contributed by atoms with Gasteiger partial charge in [0, 0.05) is 23.6 Å². The van der Waals surface area contributed by atoms with Gasteiger partial charge in [0.15, 0.2) is 0 Å². The molecule has 134 valence electrons. The Bertz CT molecular complexity index is 946. The van der Waals surface area contributed by atoms with E-state index in [9.17, 15) is 14.4 Å². The second-order valence-corrected chi connectivity index (χ2v) is 6.83. The molecule has 0 spiro atoms. The molecule has 0 saturated heterocycles. The fourth-order valence-electron chi connectivity index (χ4n) is 3.30. The maximum Gasteiger partial charge on any atom is 0.254 e. The number of carbonyl (C=O) groups excluding carboxylic acids is 2. The van der Waals surface area contributed by atoms with Crippen LogP contribution in [0.4, 0.5) is 11.4 Å². The molecule has 0 radical (unpaired) electrons. The Balaban J connectivity index is 1.51. The first-order chi connectivity index (χ1) is 12.5. The predicted octanol–water partition coefficient (Wildman–Crippen LogP) is 1.87. The molecule has 2 heterocycles. The summed E-state index contributed by atoms with van der Waals surface area (Å²) in [6.45, 7) is 1.80. The molecule has 4 rings (SSSR count). The average molecular weight is 352 g/mol. The number of fused-ring (bicyclic) bond motifs is 1. The van der Waals surface area contributed by atoms with Gasteiger partial charge in [0.25, 0.3) is 5.56 Å². The summed E-state index contributed by atoms with van der Waals surface area (Å²) in [5, 5.41) is 2.76. The quantitative estimate of drug-likeness (QED) is 0.878. The minimum absolute atomic E-state index is 0.00987. The molecule has 2 amide bonds. The Morgan fingerprint density at radius 2 is 2.04 bits per heavy atom. The van der Waals surface area contributed by atoms with Crippen molar-refractivity contribution in [3.63, 3.8) is 0 Å². The lowest BCUT2D eigenvalue weighted by Crippen LogP contribution is -2.42. The van der Waals surface area contributed by atoms with Crippen molar-refractivity contribution in [2.45, 2.75) is 38.5 Å². The Morgan fingerprint density at radius 1 is 1.27 bits per heavy atom. The Hall–Kier alpha value is -2.96. The third-order valence-electron chi connectivity index (χ3n) is 4.87. The first-order valence-electron chi connectivity index (χ1n) is 8.82. The number of H-pyrrole nitrogens is 1. The van der Waals surface area contributed by atoms with Crippen LogP contribution >= 0.6 is 0 Å². The summed E-state index contributed by atoms with van der Waals surface area (Å²) in [6, 6.07) is 7.20. The molecular formula is C19H20N4O3. The maximum atomic E-state index is 12.7. The van der Waals surface area contributed by atoms with E-state index < -0.39 is 0 Å². The number of aromatic nitrogens is 2. The van der Waals surface area contributed by atoms with E-state index in [-0.39, 0.29) is 30.3 Å². The number of hydrogen-bond acceptors (Lipinski definition) is 4. The lowest BCUT2D eigenvalue weighted by Gasteiger charge is -2.29. The molecule has 7 nitrogen and oxygen atoms in total. The number of anilines is 2. The molecule has 0 unspecified atom stereocenters. The van der Waals surface area contributed by atoms with Gasteiger partial charge in [-0.15, -0.1) is 0 Å². The number of para-hydroxylation sites is 2. The number of hydrogen-bond donors (Lipinski definition) is 2. The molecule has 1 aromatic heterocycles. The van der Waals surface area contributed by atoms with E-state index in [4.69, 9.17) is 0 Å². The summed E-state index contributed by atoms with van der Waals surface area (Å²) in [6.07, 6.45) is 2.58. The minimum atomic E-state index is -0.221. The van der Waals surface area contributed by atoms with Crippen LogP contribution < -0.4 is 15.8 Å². The molecule has 7 heteroatoms. The Morgan fingerprint density at radius 3 is 2.77 bits per heavy atom. The predicted molar refractivity (Wildman–Crippen MR) is 97.3 cm³/mol. The smallest absolute Gasteiger partial charge is 0.254 e. The van der Waals surface area contributed by atoms with Gasteiger partial charge >= 0.3 is 0 Å². The molecule has 2 N–H and O–H groups in total. The SMILES string of the molecule is Cc1nc(C2CC2)[nH]c(=O)c1CCC(=O)N1CC(=O)Nc2ccccc21. The van der Waals surface area contributed by atoms with Gasteiger partial charge in [0.05, 0.1) is 11.4 Å². The summed E-state index contributed by atoms with van der Waals surface area (Å²) in [7, 11) is 0. The highest BCUT2D eigenvalue weighted by molar-refractivity contribution is 6.09. The maximum absolute atomic E-state index is 12.7. The zero-order valence-electron chi connectivity index (χ0n) is 14.5. The average Bonchev–Trinajstić information content (AvgIpc) is 3.45. The highest BCUT2D eigenvalue weighted by atomic mass is 16.2. The first kappa shape index (κ1) is 16.5. The Kier molecular flexibility index (Phi) is 4.06. The van der Waals surface area contributed by atoms with E-state index in [1.807, 2.05) is 19.1 Å². The van der Waals surface area contributed by atoms with Crippen LogP contribution in [0, 0.1) is 6.92 Å². The number of nitrogens with one attached hydrogen (secondary N) is 2. The highest BCUT2D eigenvalue weighted by Crippen LogP contribution is 2.37. The molecule has 0 atom stereocenters. The second kappa shape index (κ2) is 6.40. The minimum Gasteiger partial charge on any atom is -0.323 e. The van der Waals surface area contributed by atoms with Crippen LogP contribution in [0.15, 0.2) is 29.1 Å². The van der Waals surface area contributed by atoms with E-state index in [1.54, 1.807) is 12.1 Å². The van der Waals surface area contributed by atoms with Gasteiger partial charge < -0.3 is 15.2 Å². The fraction of sp³-hybridized carbons (Fsp3) is 0.368. The van der Waals surface area contributed by atoms with Crippen molar-refractivity contribution >= 4 is 23.2 Å². The topological polar surface area (TPSA) is 95.2 Å². The van der Waals surface area contributed by atoms with Crippen molar-refractivity contribution in [3.8, 4) is 0 Å². The number of rotatable bonds is 4. The van der Waals surface area contributed by atoms with Crippen molar-refractivity contribution in [3.05, 3.63) is 51.7 Å². The summed E-state index contributed by atoms with van der Waals surface area (Å²) in [5.74, 6) is 0.726. The van der Waals surface area contributed by atoms with E-state index in [2.05, 4.69) is 15.3 Å². The molecule has 0 bridgehead atoms. The van der Waals surface area contributed by atoms with Gasteiger partial charge in [-0.2, -0.15) is 0 Å². The normalized spacial score (nSPS) is 16.2.